The van der Waals surface area contributed by atoms with Crippen molar-refractivity contribution in [2.75, 3.05) is 5.32 Å². The van der Waals surface area contributed by atoms with Gasteiger partial charge in [-0.3, -0.25) is 4.79 Å². The molecule has 0 aliphatic heterocycles. The summed E-state index contributed by atoms with van der Waals surface area (Å²) in [6.45, 7) is 3.84. The molecule has 0 radical (unpaired) electrons. The maximum atomic E-state index is 12.7. The summed E-state index contributed by atoms with van der Waals surface area (Å²) in [5.74, 6) is -0.0887. The molecular weight excluding hydrogens is 344 g/mol. The van der Waals surface area contributed by atoms with Crippen LogP contribution in [0.2, 0.25) is 5.02 Å². The molecule has 3 aromatic rings. The van der Waals surface area contributed by atoms with E-state index in [4.69, 9.17) is 16.9 Å². The average molecular weight is 361 g/mol. The maximum Gasteiger partial charge on any atom is 0.194 e. The van der Waals surface area contributed by atoms with E-state index in [9.17, 15) is 4.79 Å². The Morgan fingerprint density at radius 1 is 0.962 bits per heavy atom. The van der Waals surface area contributed by atoms with Gasteiger partial charge < -0.3 is 5.32 Å². The number of nitriles is 1. The minimum absolute atomic E-state index is 0.0887. The van der Waals surface area contributed by atoms with Crippen LogP contribution in [0.3, 0.4) is 0 Å². The summed E-state index contributed by atoms with van der Waals surface area (Å²) in [5.41, 5.74) is 5.29. The van der Waals surface area contributed by atoms with Crippen LogP contribution in [0.25, 0.3) is 0 Å². The van der Waals surface area contributed by atoms with Gasteiger partial charge in [-0.05, 0) is 61.4 Å². The van der Waals surface area contributed by atoms with Crippen LogP contribution < -0.4 is 5.32 Å². The fourth-order valence-electron chi connectivity index (χ4n) is 2.78. The Hall–Kier alpha value is -3.09. The Balaban J connectivity index is 1.88. The summed E-state index contributed by atoms with van der Waals surface area (Å²) < 4.78 is 0. The largest absolute Gasteiger partial charge is 0.355 e. The van der Waals surface area contributed by atoms with E-state index in [0.29, 0.717) is 21.7 Å². The highest BCUT2D eigenvalue weighted by atomic mass is 35.5. The normalized spacial score (nSPS) is 10.2. The topological polar surface area (TPSA) is 52.9 Å². The molecule has 0 amide bonds. The number of hydrogen-bond donors (Lipinski definition) is 1. The number of halogens is 1. The lowest BCUT2D eigenvalue weighted by molar-refractivity contribution is 0.103. The molecule has 0 saturated heterocycles. The second-order valence-corrected chi connectivity index (χ2v) is 6.51. The van der Waals surface area contributed by atoms with E-state index in [2.05, 4.69) is 11.4 Å². The highest BCUT2D eigenvalue weighted by Crippen LogP contribution is 2.27. The van der Waals surface area contributed by atoms with Crippen molar-refractivity contribution >= 4 is 28.8 Å². The molecule has 0 atom stereocenters. The fourth-order valence-corrected chi connectivity index (χ4v) is 3.05. The number of aryl methyl sites for hydroxylation is 2. The lowest BCUT2D eigenvalue weighted by atomic mass is 9.99. The summed E-state index contributed by atoms with van der Waals surface area (Å²) in [4.78, 5) is 12.7. The van der Waals surface area contributed by atoms with Crippen LogP contribution in [0.4, 0.5) is 11.4 Å². The molecular formula is C22H17ClN2O. The second-order valence-electron chi connectivity index (χ2n) is 6.11. The van der Waals surface area contributed by atoms with Crippen LogP contribution in [0.5, 0.6) is 0 Å². The van der Waals surface area contributed by atoms with Crippen molar-refractivity contribution in [1.29, 1.82) is 5.26 Å². The first-order valence-electron chi connectivity index (χ1n) is 8.17. The van der Waals surface area contributed by atoms with Gasteiger partial charge in [0.05, 0.1) is 16.7 Å². The van der Waals surface area contributed by atoms with E-state index in [1.54, 1.807) is 24.3 Å². The van der Waals surface area contributed by atoms with E-state index in [0.717, 1.165) is 22.5 Å². The van der Waals surface area contributed by atoms with Gasteiger partial charge in [-0.1, -0.05) is 35.9 Å². The lowest BCUT2D eigenvalue weighted by Gasteiger charge is -2.12. The van der Waals surface area contributed by atoms with Crippen molar-refractivity contribution in [1.82, 2.24) is 0 Å². The Kier molecular flexibility index (Phi) is 5.06. The molecule has 3 rings (SSSR count). The van der Waals surface area contributed by atoms with Crippen LogP contribution in [0, 0.1) is 25.2 Å². The standard InChI is InChI=1S/C22H17ClN2O/c1-14-5-3-4-6-18(14)22(26)19-9-8-17(12-20(19)23)25-21-10-7-16(13-24)11-15(21)2/h3-12,25H,1-2H3. The number of rotatable bonds is 4. The second kappa shape index (κ2) is 7.43. The first-order chi connectivity index (χ1) is 12.5. The molecule has 0 aromatic heterocycles. The molecule has 0 saturated carbocycles. The van der Waals surface area contributed by atoms with Crippen molar-refractivity contribution in [2.45, 2.75) is 13.8 Å². The van der Waals surface area contributed by atoms with Gasteiger partial charge in [0.1, 0.15) is 0 Å². The number of carbonyl (C=O) groups is 1. The molecule has 128 valence electrons. The summed E-state index contributed by atoms with van der Waals surface area (Å²) in [5, 5.41) is 12.6. The zero-order chi connectivity index (χ0) is 18.7. The SMILES string of the molecule is Cc1cc(C#N)ccc1Nc1ccc(C(=O)c2ccccc2C)c(Cl)c1. The highest BCUT2D eigenvalue weighted by molar-refractivity contribution is 6.35. The molecule has 0 fully saturated rings. The number of nitrogens with zero attached hydrogens (tertiary/aromatic N) is 1. The molecule has 0 spiro atoms. The molecule has 3 nitrogen and oxygen atoms in total. The fraction of sp³-hybridized carbons (Fsp3) is 0.0909. The highest BCUT2D eigenvalue weighted by Gasteiger charge is 2.15. The lowest BCUT2D eigenvalue weighted by Crippen LogP contribution is -2.05. The number of anilines is 2. The molecule has 0 bridgehead atoms. The Labute approximate surface area is 157 Å². The van der Waals surface area contributed by atoms with Crippen LogP contribution in [0.15, 0.2) is 60.7 Å². The Morgan fingerprint density at radius 2 is 1.73 bits per heavy atom. The van der Waals surface area contributed by atoms with Gasteiger partial charge in [0.2, 0.25) is 0 Å². The van der Waals surface area contributed by atoms with Gasteiger partial charge in [-0.2, -0.15) is 5.26 Å². The summed E-state index contributed by atoms with van der Waals surface area (Å²) in [7, 11) is 0. The Bertz CT molecular complexity index is 1030. The molecule has 0 aliphatic carbocycles. The molecule has 4 heteroatoms. The smallest absolute Gasteiger partial charge is 0.194 e. The molecule has 3 aromatic carbocycles. The third-order valence-electron chi connectivity index (χ3n) is 4.24. The molecule has 0 aliphatic rings. The van der Waals surface area contributed by atoms with Crippen LogP contribution in [-0.2, 0) is 0 Å². The molecule has 26 heavy (non-hydrogen) atoms. The third kappa shape index (κ3) is 3.61. The Morgan fingerprint density at radius 3 is 2.38 bits per heavy atom. The van der Waals surface area contributed by atoms with E-state index in [1.165, 1.54) is 0 Å². The van der Waals surface area contributed by atoms with Gasteiger partial charge in [0, 0.05) is 22.5 Å². The van der Waals surface area contributed by atoms with Gasteiger partial charge in [0.15, 0.2) is 5.78 Å². The van der Waals surface area contributed by atoms with Gasteiger partial charge in [0.25, 0.3) is 0 Å². The number of benzene rings is 3. The van der Waals surface area contributed by atoms with Crippen molar-refractivity contribution in [3.8, 4) is 6.07 Å². The first-order valence-corrected chi connectivity index (χ1v) is 8.55. The van der Waals surface area contributed by atoms with Crippen molar-refractivity contribution in [3.05, 3.63) is 93.5 Å². The number of carbonyl (C=O) groups excluding carboxylic acids is 1. The van der Waals surface area contributed by atoms with Gasteiger partial charge in [-0.15, -0.1) is 0 Å². The molecule has 0 unspecified atom stereocenters. The van der Waals surface area contributed by atoms with Crippen molar-refractivity contribution < 1.29 is 4.79 Å². The van der Waals surface area contributed by atoms with E-state index >= 15 is 0 Å². The monoisotopic (exact) mass is 360 g/mol. The van der Waals surface area contributed by atoms with Crippen LogP contribution >= 0.6 is 11.6 Å². The predicted molar refractivity (Wildman–Crippen MR) is 105 cm³/mol. The summed E-state index contributed by atoms with van der Waals surface area (Å²) in [6.07, 6.45) is 0. The van der Waals surface area contributed by atoms with Gasteiger partial charge >= 0.3 is 0 Å². The summed E-state index contributed by atoms with van der Waals surface area (Å²) >= 11 is 6.38. The predicted octanol–water partition coefficient (Wildman–Crippen LogP) is 5.80. The van der Waals surface area contributed by atoms with Crippen molar-refractivity contribution in [2.24, 2.45) is 0 Å². The van der Waals surface area contributed by atoms with E-state index in [-0.39, 0.29) is 5.78 Å². The van der Waals surface area contributed by atoms with Gasteiger partial charge in [-0.25, -0.2) is 0 Å². The number of nitrogens with one attached hydrogen (secondary N) is 1. The number of ketones is 1. The van der Waals surface area contributed by atoms with E-state index < -0.39 is 0 Å². The summed E-state index contributed by atoms with van der Waals surface area (Å²) in [6, 6.07) is 20.3. The van der Waals surface area contributed by atoms with Crippen LogP contribution in [-0.4, -0.2) is 5.78 Å². The zero-order valence-electron chi connectivity index (χ0n) is 14.5. The van der Waals surface area contributed by atoms with E-state index in [1.807, 2.05) is 50.2 Å². The molecule has 1 N–H and O–H groups in total. The third-order valence-corrected chi connectivity index (χ3v) is 4.55. The first kappa shape index (κ1) is 17.7. The maximum absolute atomic E-state index is 12.7. The minimum atomic E-state index is -0.0887. The van der Waals surface area contributed by atoms with Crippen molar-refractivity contribution in [3.63, 3.8) is 0 Å². The average Bonchev–Trinajstić information content (AvgIpc) is 2.63. The molecule has 0 heterocycles. The quantitative estimate of drug-likeness (QED) is 0.598. The van der Waals surface area contributed by atoms with Crippen LogP contribution in [0.1, 0.15) is 32.6 Å². The minimum Gasteiger partial charge on any atom is -0.355 e. The number of hydrogen-bond acceptors (Lipinski definition) is 3. The zero-order valence-corrected chi connectivity index (χ0v) is 15.3.